The number of carbonyl (C=O) groups is 2. The van der Waals surface area contributed by atoms with E-state index in [1.807, 2.05) is 24.3 Å². The molecule has 1 atom stereocenters. The average molecular weight is 314 g/mol. The van der Waals surface area contributed by atoms with Crippen molar-refractivity contribution in [2.45, 2.75) is 18.9 Å². The zero-order chi connectivity index (χ0) is 16.1. The number of H-pyrrole nitrogens is 1. The molecule has 0 spiro atoms. The monoisotopic (exact) mass is 314 g/mol. The summed E-state index contributed by atoms with van der Waals surface area (Å²) in [6.07, 6.45) is 5.19. The van der Waals surface area contributed by atoms with Crippen LogP contribution in [0.2, 0.25) is 0 Å². The highest BCUT2D eigenvalue weighted by Crippen LogP contribution is 2.15. The highest BCUT2D eigenvalue weighted by Gasteiger charge is 2.18. The van der Waals surface area contributed by atoms with Crippen molar-refractivity contribution in [2.24, 2.45) is 5.10 Å². The Morgan fingerprint density at radius 3 is 3.04 bits per heavy atom. The number of fused-ring (bicyclic) bond motifs is 1. The van der Waals surface area contributed by atoms with Crippen LogP contribution in [0.4, 0.5) is 0 Å². The number of hydrazone groups is 1. The third-order valence-electron chi connectivity index (χ3n) is 3.71. The number of aromatic nitrogens is 1. The fourth-order valence-electron chi connectivity index (χ4n) is 2.50. The van der Waals surface area contributed by atoms with Crippen molar-refractivity contribution in [1.82, 2.24) is 15.7 Å². The van der Waals surface area contributed by atoms with Gasteiger partial charge in [0.2, 0.25) is 0 Å². The van der Waals surface area contributed by atoms with E-state index in [0.717, 1.165) is 29.3 Å². The van der Waals surface area contributed by atoms with Crippen LogP contribution >= 0.6 is 0 Å². The summed E-state index contributed by atoms with van der Waals surface area (Å²) in [6, 6.07) is 7.75. The number of nitrogens with one attached hydrogen (secondary N) is 3. The lowest BCUT2D eigenvalue weighted by Crippen LogP contribution is -2.41. The summed E-state index contributed by atoms with van der Waals surface area (Å²) in [4.78, 5) is 26.4. The molecule has 2 amide bonds. The number of ether oxygens (including phenoxy) is 1. The molecule has 1 aliphatic rings. The van der Waals surface area contributed by atoms with Gasteiger partial charge in [0.25, 0.3) is 0 Å². The van der Waals surface area contributed by atoms with Gasteiger partial charge < -0.3 is 15.0 Å². The van der Waals surface area contributed by atoms with Gasteiger partial charge in [0.05, 0.1) is 12.3 Å². The van der Waals surface area contributed by atoms with E-state index in [2.05, 4.69) is 20.8 Å². The Balaban J connectivity index is 1.50. The zero-order valence-corrected chi connectivity index (χ0v) is 12.5. The van der Waals surface area contributed by atoms with Crippen molar-refractivity contribution in [3.63, 3.8) is 0 Å². The molecule has 0 radical (unpaired) electrons. The molecule has 1 saturated heterocycles. The molecule has 3 N–H and O–H groups in total. The summed E-state index contributed by atoms with van der Waals surface area (Å²) in [6.45, 7) is 1.06. The van der Waals surface area contributed by atoms with Gasteiger partial charge in [-0.1, -0.05) is 18.2 Å². The summed E-state index contributed by atoms with van der Waals surface area (Å²) >= 11 is 0. The largest absolute Gasteiger partial charge is 0.376 e. The Hall–Kier alpha value is -2.67. The Bertz CT molecular complexity index is 732. The molecule has 1 aliphatic heterocycles. The van der Waals surface area contributed by atoms with Gasteiger partial charge in [-0.2, -0.15) is 5.10 Å². The molecule has 1 aromatic carbocycles. The highest BCUT2D eigenvalue weighted by molar-refractivity contribution is 6.35. The van der Waals surface area contributed by atoms with Crippen LogP contribution in [0.25, 0.3) is 10.9 Å². The van der Waals surface area contributed by atoms with E-state index in [9.17, 15) is 9.59 Å². The molecule has 7 nitrogen and oxygen atoms in total. The van der Waals surface area contributed by atoms with Gasteiger partial charge in [0, 0.05) is 35.8 Å². The lowest BCUT2D eigenvalue weighted by Gasteiger charge is -2.09. The first-order valence-electron chi connectivity index (χ1n) is 7.53. The number of hydrogen-bond donors (Lipinski definition) is 3. The minimum absolute atomic E-state index is 0.00136. The molecule has 1 aromatic heterocycles. The number of amides is 2. The van der Waals surface area contributed by atoms with E-state index in [1.54, 1.807) is 6.20 Å². The third kappa shape index (κ3) is 3.75. The summed E-state index contributed by atoms with van der Waals surface area (Å²) in [5, 5.41) is 7.36. The predicted molar refractivity (Wildman–Crippen MR) is 86.0 cm³/mol. The second-order valence-corrected chi connectivity index (χ2v) is 5.33. The van der Waals surface area contributed by atoms with Gasteiger partial charge in [-0.3, -0.25) is 9.59 Å². The second kappa shape index (κ2) is 7.06. The Kier molecular flexibility index (Phi) is 4.68. The number of aromatic amines is 1. The normalized spacial score (nSPS) is 17.7. The molecular formula is C16H18N4O3. The molecular weight excluding hydrogens is 296 g/mol. The minimum Gasteiger partial charge on any atom is -0.376 e. The fourth-order valence-corrected chi connectivity index (χ4v) is 2.50. The number of para-hydroxylation sites is 1. The maximum atomic E-state index is 11.7. The molecule has 7 heteroatoms. The van der Waals surface area contributed by atoms with Crippen LogP contribution in [0.1, 0.15) is 18.4 Å². The van der Waals surface area contributed by atoms with E-state index in [0.29, 0.717) is 13.2 Å². The molecule has 3 rings (SSSR count). The molecule has 0 bridgehead atoms. The van der Waals surface area contributed by atoms with Gasteiger partial charge in [0.15, 0.2) is 0 Å². The summed E-state index contributed by atoms with van der Waals surface area (Å²) in [7, 11) is 0. The standard InChI is InChI=1S/C16H18N4O3/c21-15(18-10-12-4-3-7-23-12)16(22)20-19-9-11-8-17-14-6-2-1-5-13(11)14/h1-2,5-6,8-9,12,17H,3-4,7,10H2,(H,18,21)(H,20,22)/b19-9+/t12-/m0/s1. The van der Waals surface area contributed by atoms with Gasteiger partial charge in [0.1, 0.15) is 0 Å². The first-order chi connectivity index (χ1) is 11.2. The average Bonchev–Trinajstić information content (AvgIpc) is 3.22. The molecule has 0 aliphatic carbocycles. The van der Waals surface area contributed by atoms with Gasteiger partial charge in [-0.25, -0.2) is 5.43 Å². The van der Waals surface area contributed by atoms with Crippen molar-refractivity contribution < 1.29 is 14.3 Å². The van der Waals surface area contributed by atoms with Crippen LogP contribution in [0, 0.1) is 0 Å². The van der Waals surface area contributed by atoms with Crippen LogP contribution in [0.15, 0.2) is 35.6 Å². The van der Waals surface area contributed by atoms with Crippen LogP contribution in [-0.4, -0.2) is 42.3 Å². The van der Waals surface area contributed by atoms with Crippen LogP contribution in [0.3, 0.4) is 0 Å². The topological polar surface area (TPSA) is 95.6 Å². The molecule has 2 aromatic rings. The molecule has 2 heterocycles. The van der Waals surface area contributed by atoms with Gasteiger partial charge in [-0.15, -0.1) is 0 Å². The maximum Gasteiger partial charge on any atom is 0.329 e. The van der Waals surface area contributed by atoms with Gasteiger partial charge in [-0.05, 0) is 18.9 Å². The second-order valence-electron chi connectivity index (χ2n) is 5.33. The van der Waals surface area contributed by atoms with E-state index in [1.165, 1.54) is 6.21 Å². The van der Waals surface area contributed by atoms with E-state index >= 15 is 0 Å². The summed E-state index contributed by atoms with van der Waals surface area (Å²) in [5.74, 6) is -1.50. The number of hydrogen-bond acceptors (Lipinski definition) is 4. The van der Waals surface area contributed by atoms with Crippen molar-refractivity contribution in [3.05, 3.63) is 36.0 Å². The number of nitrogens with zero attached hydrogens (tertiary/aromatic N) is 1. The first-order valence-corrected chi connectivity index (χ1v) is 7.53. The minimum atomic E-state index is -0.793. The van der Waals surface area contributed by atoms with Crippen molar-refractivity contribution in [3.8, 4) is 0 Å². The highest BCUT2D eigenvalue weighted by atomic mass is 16.5. The van der Waals surface area contributed by atoms with Crippen molar-refractivity contribution in [2.75, 3.05) is 13.2 Å². The smallest absolute Gasteiger partial charge is 0.329 e. The fraction of sp³-hybridized carbons (Fsp3) is 0.312. The number of carbonyl (C=O) groups excluding carboxylic acids is 2. The molecule has 0 unspecified atom stereocenters. The van der Waals surface area contributed by atoms with Crippen molar-refractivity contribution in [1.29, 1.82) is 0 Å². The van der Waals surface area contributed by atoms with Gasteiger partial charge >= 0.3 is 11.8 Å². The predicted octanol–water partition coefficient (Wildman–Crippen LogP) is 0.913. The molecule has 23 heavy (non-hydrogen) atoms. The Morgan fingerprint density at radius 2 is 2.22 bits per heavy atom. The lowest BCUT2D eigenvalue weighted by atomic mass is 10.2. The van der Waals surface area contributed by atoms with Crippen LogP contribution in [0.5, 0.6) is 0 Å². The van der Waals surface area contributed by atoms with Crippen LogP contribution in [-0.2, 0) is 14.3 Å². The molecule has 1 fully saturated rings. The summed E-state index contributed by atoms with van der Waals surface area (Å²) < 4.78 is 5.37. The molecule has 120 valence electrons. The Labute approximate surface area is 133 Å². The zero-order valence-electron chi connectivity index (χ0n) is 12.5. The van der Waals surface area contributed by atoms with E-state index in [-0.39, 0.29) is 6.10 Å². The number of rotatable bonds is 4. The lowest BCUT2D eigenvalue weighted by molar-refractivity contribution is -0.139. The Morgan fingerprint density at radius 1 is 1.35 bits per heavy atom. The molecule has 0 saturated carbocycles. The van der Waals surface area contributed by atoms with Crippen molar-refractivity contribution >= 4 is 28.9 Å². The van der Waals surface area contributed by atoms with Crippen LogP contribution < -0.4 is 10.7 Å². The third-order valence-corrected chi connectivity index (χ3v) is 3.71. The quantitative estimate of drug-likeness (QED) is 0.445. The van der Waals surface area contributed by atoms with E-state index in [4.69, 9.17) is 4.74 Å². The number of benzene rings is 1. The maximum absolute atomic E-state index is 11.7. The summed E-state index contributed by atoms with van der Waals surface area (Å²) in [5.41, 5.74) is 4.04. The SMILES string of the molecule is O=C(NC[C@@H]1CCCO1)C(=O)N/N=C/c1c[nH]c2ccccc12. The van der Waals surface area contributed by atoms with E-state index < -0.39 is 11.8 Å². The first kappa shape index (κ1) is 15.2.